The lowest BCUT2D eigenvalue weighted by Crippen LogP contribution is -1.79. The Labute approximate surface area is 112 Å². The molecule has 1 heterocycles. The van der Waals surface area contributed by atoms with Crippen molar-refractivity contribution in [1.29, 1.82) is 0 Å². The van der Waals surface area contributed by atoms with E-state index in [0.29, 0.717) is 5.95 Å². The van der Waals surface area contributed by atoms with Crippen molar-refractivity contribution in [3.63, 3.8) is 0 Å². The molecule has 3 rings (SSSR count). The van der Waals surface area contributed by atoms with Crippen LogP contribution in [0.2, 0.25) is 0 Å². The lowest BCUT2D eigenvalue weighted by molar-refractivity contribution is 0.352. The van der Waals surface area contributed by atoms with Crippen LogP contribution in [0.4, 0.5) is 0 Å². The molecule has 0 radical (unpaired) electrons. The third kappa shape index (κ3) is 2.68. The van der Waals surface area contributed by atoms with Gasteiger partial charge in [-0.2, -0.15) is 0 Å². The first kappa shape index (κ1) is 11.6. The fourth-order valence-electron chi connectivity index (χ4n) is 1.85. The number of aryl methyl sites for hydroxylation is 1. The van der Waals surface area contributed by atoms with Gasteiger partial charge in [0, 0.05) is 11.6 Å². The number of furan rings is 1. The van der Waals surface area contributed by atoms with Crippen molar-refractivity contribution in [2.75, 3.05) is 0 Å². The Bertz CT molecular complexity index is 651. The fourth-order valence-corrected chi connectivity index (χ4v) is 1.85. The van der Waals surface area contributed by atoms with Gasteiger partial charge in [0.2, 0.25) is 0 Å². The SMILES string of the molecule is Cc1ccc(-c2ccc(Oc3ccccc3)o2)cc1. The second-order valence-corrected chi connectivity index (χ2v) is 4.40. The minimum atomic E-state index is 0.502. The van der Waals surface area contributed by atoms with E-state index >= 15 is 0 Å². The molecule has 0 N–H and O–H groups in total. The zero-order chi connectivity index (χ0) is 13.1. The average molecular weight is 250 g/mol. The third-order valence-corrected chi connectivity index (χ3v) is 2.88. The van der Waals surface area contributed by atoms with E-state index in [1.807, 2.05) is 54.6 Å². The average Bonchev–Trinajstić information content (AvgIpc) is 2.89. The van der Waals surface area contributed by atoms with E-state index in [9.17, 15) is 0 Å². The minimum absolute atomic E-state index is 0.502. The predicted molar refractivity (Wildman–Crippen MR) is 75.4 cm³/mol. The van der Waals surface area contributed by atoms with Crippen LogP contribution in [0.3, 0.4) is 0 Å². The first-order chi connectivity index (χ1) is 9.31. The molecule has 0 aliphatic rings. The summed E-state index contributed by atoms with van der Waals surface area (Å²) < 4.78 is 11.3. The van der Waals surface area contributed by atoms with Crippen LogP contribution in [-0.4, -0.2) is 0 Å². The van der Waals surface area contributed by atoms with Crippen LogP contribution in [0.1, 0.15) is 5.56 Å². The summed E-state index contributed by atoms with van der Waals surface area (Å²) in [6, 6.07) is 21.6. The smallest absolute Gasteiger partial charge is 0.290 e. The molecule has 2 heteroatoms. The minimum Gasteiger partial charge on any atom is -0.426 e. The Hall–Kier alpha value is -2.48. The van der Waals surface area contributed by atoms with Gasteiger partial charge in [0.25, 0.3) is 5.95 Å². The highest BCUT2D eigenvalue weighted by Crippen LogP contribution is 2.29. The zero-order valence-corrected chi connectivity index (χ0v) is 10.7. The summed E-state index contributed by atoms with van der Waals surface area (Å²) in [6.45, 7) is 2.07. The van der Waals surface area contributed by atoms with Gasteiger partial charge in [-0.25, -0.2) is 0 Å². The fraction of sp³-hybridized carbons (Fsp3) is 0.0588. The quantitative estimate of drug-likeness (QED) is 0.649. The topological polar surface area (TPSA) is 22.4 Å². The van der Waals surface area contributed by atoms with Gasteiger partial charge >= 0.3 is 0 Å². The van der Waals surface area contributed by atoms with Gasteiger partial charge in [-0.15, -0.1) is 0 Å². The molecular weight excluding hydrogens is 236 g/mol. The van der Waals surface area contributed by atoms with Crippen molar-refractivity contribution in [1.82, 2.24) is 0 Å². The Morgan fingerprint density at radius 2 is 1.53 bits per heavy atom. The Kier molecular flexibility index (Phi) is 3.07. The third-order valence-electron chi connectivity index (χ3n) is 2.88. The summed E-state index contributed by atoms with van der Waals surface area (Å²) >= 11 is 0. The van der Waals surface area contributed by atoms with Crippen LogP contribution in [-0.2, 0) is 0 Å². The predicted octanol–water partition coefficient (Wildman–Crippen LogP) is 5.05. The monoisotopic (exact) mass is 250 g/mol. The highest BCUT2D eigenvalue weighted by molar-refractivity contribution is 5.58. The highest BCUT2D eigenvalue weighted by Gasteiger charge is 2.06. The number of benzene rings is 2. The van der Waals surface area contributed by atoms with Crippen LogP contribution in [0.15, 0.2) is 71.1 Å². The van der Waals surface area contributed by atoms with Gasteiger partial charge in [0.15, 0.2) is 0 Å². The second-order valence-electron chi connectivity index (χ2n) is 4.40. The zero-order valence-electron chi connectivity index (χ0n) is 10.7. The number of para-hydroxylation sites is 1. The van der Waals surface area contributed by atoms with Crippen LogP contribution in [0.25, 0.3) is 11.3 Å². The lowest BCUT2D eigenvalue weighted by atomic mass is 10.1. The van der Waals surface area contributed by atoms with Gasteiger partial charge in [0.1, 0.15) is 11.5 Å². The number of rotatable bonds is 3. The maximum absolute atomic E-state index is 5.69. The summed E-state index contributed by atoms with van der Waals surface area (Å²) in [4.78, 5) is 0. The summed E-state index contributed by atoms with van der Waals surface area (Å²) in [5.41, 5.74) is 2.28. The number of hydrogen-bond donors (Lipinski definition) is 0. The summed E-state index contributed by atoms with van der Waals surface area (Å²) in [5.74, 6) is 2.08. The van der Waals surface area contributed by atoms with Crippen molar-refractivity contribution in [2.24, 2.45) is 0 Å². The van der Waals surface area contributed by atoms with E-state index in [1.165, 1.54) is 5.56 Å². The Morgan fingerprint density at radius 1 is 0.789 bits per heavy atom. The van der Waals surface area contributed by atoms with Crippen molar-refractivity contribution in [2.45, 2.75) is 6.92 Å². The molecule has 19 heavy (non-hydrogen) atoms. The van der Waals surface area contributed by atoms with Crippen molar-refractivity contribution in [3.8, 4) is 23.0 Å². The lowest BCUT2D eigenvalue weighted by Gasteiger charge is -2.01. The number of hydrogen-bond acceptors (Lipinski definition) is 2. The van der Waals surface area contributed by atoms with Crippen LogP contribution in [0.5, 0.6) is 11.7 Å². The molecule has 2 nitrogen and oxygen atoms in total. The van der Waals surface area contributed by atoms with Crippen LogP contribution in [0, 0.1) is 6.92 Å². The van der Waals surface area contributed by atoms with Gasteiger partial charge in [-0.1, -0.05) is 48.0 Å². The van der Waals surface area contributed by atoms with Gasteiger partial charge in [0.05, 0.1) is 0 Å². The van der Waals surface area contributed by atoms with E-state index in [2.05, 4.69) is 19.1 Å². The molecule has 0 aliphatic carbocycles. The molecule has 0 bridgehead atoms. The summed E-state index contributed by atoms with van der Waals surface area (Å²) in [5, 5.41) is 0. The van der Waals surface area contributed by atoms with Crippen molar-refractivity contribution < 1.29 is 9.15 Å². The molecular formula is C17H14O2. The molecule has 2 aromatic carbocycles. The first-order valence-corrected chi connectivity index (χ1v) is 6.21. The van der Waals surface area contributed by atoms with Crippen molar-refractivity contribution >= 4 is 0 Å². The molecule has 94 valence electrons. The van der Waals surface area contributed by atoms with E-state index < -0.39 is 0 Å². The van der Waals surface area contributed by atoms with Crippen LogP contribution < -0.4 is 4.74 Å². The van der Waals surface area contributed by atoms with Crippen LogP contribution >= 0.6 is 0 Å². The standard InChI is InChI=1S/C17H14O2/c1-13-7-9-14(10-8-13)16-11-12-17(19-16)18-15-5-3-2-4-6-15/h2-12H,1H3. The first-order valence-electron chi connectivity index (χ1n) is 6.21. The Morgan fingerprint density at radius 3 is 2.26 bits per heavy atom. The van der Waals surface area contributed by atoms with E-state index in [4.69, 9.17) is 9.15 Å². The maximum atomic E-state index is 5.69. The molecule has 0 unspecified atom stereocenters. The van der Waals surface area contributed by atoms with Gasteiger partial charge < -0.3 is 9.15 Å². The van der Waals surface area contributed by atoms with E-state index in [-0.39, 0.29) is 0 Å². The van der Waals surface area contributed by atoms with E-state index in [0.717, 1.165) is 17.1 Å². The number of ether oxygens (including phenoxy) is 1. The molecule has 1 aromatic heterocycles. The molecule has 3 aromatic rings. The Balaban J connectivity index is 1.82. The largest absolute Gasteiger partial charge is 0.426 e. The highest BCUT2D eigenvalue weighted by atomic mass is 16.6. The molecule has 0 fully saturated rings. The summed E-state index contributed by atoms with van der Waals surface area (Å²) in [6.07, 6.45) is 0. The second kappa shape index (κ2) is 5.02. The molecule has 0 saturated carbocycles. The molecule has 0 saturated heterocycles. The molecule has 0 amide bonds. The summed E-state index contributed by atoms with van der Waals surface area (Å²) in [7, 11) is 0. The molecule has 0 atom stereocenters. The molecule has 0 aliphatic heterocycles. The van der Waals surface area contributed by atoms with E-state index in [1.54, 1.807) is 0 Å². The normalized spacial score (nSPS) is 10.4. The maximum Gasteiger partial charge on any atom is 0.290 e. The van der Waals surface area contributed by atoms with Crippen molar-refractivity contribution in [3.05, 3.63) is 72.3 Å². The van der Waals surface area contributed by atoms with Gasteiger partial charge in [-0.05, 0) is 25.1 Å². The molecule has 0 spiro atoms. The van der Waals surface area contributed by atoms with Gasteiger partial charge in [-0.3, -0.25) is 0 Å².